The molecule has 0 fully saturated rings. The fraction of sp³-hybridized carbons (Fsp3) is 0.545. The summed E-state index contributed by atoms with van der Waals surface area (Å²) in [5.41, 5.74) is 7.79. The minimum Gasteiger partial charge on any atom is -0.390 e. The molecule has 4 N–H and O–H groups in total. The molecule has 4 nitrogen and oxygen atoms in total. The molecule has 2 heterocycles. The van der Waals surface area contributed by atoms with Gasteiger partial charge in [0.1, 0.15) is 0 Å². The van der Waals surface area contributed by atoms with Gasteiger partial charge in [0, 0.05) is 18.0 Å². The van der Waals surface area contributed by atoms with Gasteiger partial charge in [0.2, 0.25) is 0 Å². The first kappa shape index (κ1) is 11.4. The summed E-state index contributed by atoms with van der Waals surface area (Å²) in [6.07, 6.45) is 1.84. The molecule has 5 heteroatoms. The number of carbonyl (C=O) groups is 1. The van der Waals surface area contributed by atoms with Crippen LogP contribution in [0.2, 0.25) is 0 Å². The van der Waals surface area contributed by atoms with Crippen LogP contribution in [-0.2, 0) is 13.0 Å². The van der Waals surface area contributed by atoms with Crippen molar-refractivity contribution in [1.29, 1.82) is 0 Å². The van der Waals surface area contributed by atoms with Crippen LogP contribution >= 0.6 is 11.3 Å². The molecule has 0 radical (unpaired) electrons. The zero-order valence-electron chi connectivity index (χ0n) is 9.43. The summed E-state index contributed by atoms with van der Waals surface area (Å²) in [6, 6.07) is 0. The van der Waals surface area contributed by atoms with E-state index < -0.39 is 0 Å². The second kappa shape index (κ2) is 4.84. The van der Waals surface area contributed by atoms with Crippen LogP contribution in [0.1, 0.15) is 34.1 Å². The van der Waals surface area contributed by atoms with Crippen molar-refractivity contribution in [3.05, 3.63) is 16.0 Å². The predicted molar refractivity (Wildman–Crippen MR) is 66.8 cm³/mol. The summed E-state index contributed by atoms with van der Waals surface area (Å²) in [5, 5.41) is 6.83. The van der Waals surface area contributed by atoms with E-state index in [9.17, 15) is 4.79 Å². The van der Waals surface area contributed by atoms with Crippen molar-refractivity contribution in [2.75, 3.05) is 18.8 Å². The minimum atomic E-state index is -0.0150. The topological polar surface area (TPSA) is 67.2 Å². The number of fused-ring (bicyclic) bond motifs is 1. The number of hydrogen-bond acceptors (Lipinski definition) is 4. The standard InChI is InChI=1S/C11H17N3OS/c1-2-4-14-11(15)9-7-3-5-13-6-8(7)16-10(9)12/h13H,2-6,12H2,1H3,(H,14,15). The van der Waals surface area contributed by atoms with Gasteiger partial charge < -0.3 is 16.4 Å². The summed E-state index contributed by atoms with van der Waals surface area (Å²) in [7, 11) is 0. The third kappa shape index (κ3) is 2.05. The fourth-order valence-electron chi connectivity index (χ4n) is 1.93. The van der Waals surface area contributed by atoms with Crippen molar-refractivity contribution in [2.24, 2.45) is 0 Å². The van der Waals surface area contributed by atoms with Gasteiger partial charge >= 0.3 is 0 Å². The maximum atomic E-state index is 12.0. The molecule has 2 rings (SSSR count). The molecule has 0 atom stereocenters. The number of carbonyl (C=O) groups excluding carboxylic acids is 1. The van der Waals surface area contributed by atoms with E-state index in [0.29, 0.717) is 11.5 Å². The minimum absolute atomic E-state index is 0.0150. The van der Waals surface area contributed by atoms with Gasteiger partial charge in [0.25, 0.3) is 5.91 Å². The van der Waals surface area contributed by atoms with E-state index in [-0.39, 0.29) is 5.91 Å². The lowest BCUT2D eigenvalue weighted by molar-refractivity contribution is 0.0954. The third-order valence-electron chi connectivity index (χ3n) is 2.72. The summed E-state index contributed by atoms with van der Waals surface area (Å²) < 4.78 is 0. The van der Waals surface area contributed by atoms with Crippen molar-refractivity contribution in [1.82, 2.24) is 10.6 Å². The van der Waals surface area contributed by atoms with Gasteiger partial charge in [-0.3, -0.25) is 4.79 Å². The SMILES string of the molecule is CCCNC(=O)c1c(N)sc2c1CCNC2. The Bertz CT molecular complexity index is 400. The highest BCUT2D eigenvalue weighted by atomic mass is 32.1. The summed E-state index contributed by atoms with van der Waals surface area (Å²) in [4.78, 5) is 13.2. The zero-order chi connectivity index (χ0) is 11.5. The van der Waals surface area contributed by atoms with Crippen molar-refractivity contribution in [3.8, 4) is 0 Å². The Kier molecular flexibility index (Phi) is 3.46. The Morgan fingerprint density at radius 1 is 1.62 bits per heavy atom. The first-order valence-electron chi connectivity index (χ1n) is 5.63. The fourth-order valence-corrected chi connectivity index (χ4v) is 3.02. The van der Waals surface area contributed by atoms with E-state index in [0.717, 1.165) is 37.1 Å². The van der Waals surface area contributed by atoms with Crippen LogP contribution < -0.4 is 16.4 Å². The Morgan fingerprint density at radius 2 is 2.44 bits per heavy atom. The van der Waals surface area contributed by atoms with Gasteiger partial charge in [-0.15, -0.1) is 11.3 Å². The Hall–Kier alpha value is -1.07. The Balaban J connectivity index is 2.25. The maximum absolute atomic E-state index is 12.0. The molecule has 0 spiro atoms. The zero-order valence-corrected chi connectivity index (χ0v) is 10.2. The van der Waals surface area contributed by atoms with Crippen molar-refractivity contribution in [2.45, 2.75) is 26.3 Å². The first-order valence-corrected chi connectivity index (χ1v) is 6.44. The molecule has 88 valence electrons. The Morgan fingerprint density at radius 3 is 3.19 bits per heavy atom. The van der Waals surface area contributed by atoms with Gasteiger partial charge in [0.05, 0.1) is 10.6 Å². The number of nitrogen functional groups attached to an aromatic ring is 1. The van der Waals surface area contributed by atoms with Crippen molar-refractivity contribution in [3.63, 3.8) is 0 Å². The quantitative estimate of drug-likeness (QED) is 0.740. The highest BCUT2D eigenvalue weighted by Crippen LogP contribution is 2.32. The number of hydrogen-bond donors (Lipinski definition) is 3. The van der Waals surface area contributed by atoms with Crippen LogP contribution in [0.3, 0.4) is 0 Å². The van der Waals surface area contributed by atoms with Crippen LogP contribution in [0.5, 0.6) is 0 Å². The molecule has 1 aliphatic heterocycles. The predicted octanol–water partition coefficient (Wildman–Crippen LogP) is 1.12. The molecule has 1 aliphatic rings. The van der Waals surface area contributed by atoms with E-state index in [4.69, 9.17) is 5.73 Å². The number of amides is 1. The maximum Gasteiger partial charge on any atom is 0.254 e. The molecule has 0 unspecified atom stereocenters. The van der Waals surface area contributed by atoms with E-state index in [1.807, 2.05) is 6.92 Å². The second-order valence-corrected chi connectivity index (χ2v) is 5.06. The molecule has 0 aliphatic carbocycles. The van der Waals surface area contributed by atoms with E-state index in [1.165, 1.54) is 16.2 Å². The number of thiophene rings is 1. The van der Waals surface area contributed by atoms with Crippen LogP contribution in [0.4, 0.5) is 5.00 Å². The lowest BCUT2D eigenvalue weighted by atomic mass is 10.0. The van der Waals surface area contributed by atoms with Crippen LogP contribution in [-0.4, -0.2) is 19.0 Å². The molecule has 0 saturated carbocycles. The molecule has 1 amide bonds. The molecule has 0 bridgehead atoms. The molecule has 16 heavy (non-hydrogen) atoms. The smallest absolute Gasteiger partial charge is 0.254 e. The van der Waals surface area contributed by atoms with Crippen LogP contribution in [0, 0.1) is 0 Å². The molecule has 0 saturated heterocycles. The van der Waals surface area contributed by atoms with Gasteiger partial charge in [-0.2, -0.15) is 0 Å². The van der Waals surface area contributed by atoms with Crippen molar-refractivity contribution < 1.29 is 4.79 Å². The van der Waals surface area contributed by atoms with E-state index in [2.05, 4.69) is 10.6 Å². The lowest BCUT2D eigenvalue weighted by Crippen LogP contribution is -2.28. The molecular formula is C11H17N3OS. The highest BCUT2D eigenvalue weighted by molar-refractivity contribution is 7.16. The molecule has 1 aromatic heterocycles. The monoisotopic (exact) mass is 239 g/mol. The molecule has 1 aromatic rings. The van der Waals surface area contributed by atoms with E-state index >= 15 is 0 Å². The molecular weight excluding hydrogens is 222 g/mol. The second-order valence-electron chi connectivity index (χ2n) is 3.93. The number of nitrogens with one attached hydrogen (secondary N) is 2. The van der Waals surface area contributed by atoms with Gasteiger partial charge in [-0.05, 0) is 24.9 Å². The van der Waals surface area contributed by atoms with Crippen LogP contribution in [0.25, 0.3) is 0 Å². The highest BCUT2D eigenvalue weighted by Gasteiger charge is 2.23. The van der Waals surface area contributed by atoms with Gasteiger partial charge in [-0.1, -0.05) is 6.92 Å². The number of nitrogens with two attached hydrogens (primary N) is 1. The summed E-state index contributed by atoms with van der Waals surface area (Å²) in [5.74, 6) is -0.0150. The summed E-state index contributed by atoms with van der Waals surface area (Å²) >= 11 is 1.53. The average molecular weight is 239 g/mol. The average Bonchev–Trinajstić information content (AvgIpc) is 2.62. The third-order valence-corrected chi connectivity index (χ3v) is 3.78. The van der Waals surface area contributed by atoms with E-state index in [1.54, 1.807) is 0 Å². The normalized spacial score (nSPS) is 14.6. The van der Waals surface area contributed by atoms with Gasteiger partial charge in [-0.25, -0.2) is 0 Å². The summed E-state index contributed by atoms with van der Waals surface area (Å²) in [6.45, 7) is 4.51. The molecule has 0 aromatic carbocycles. The lowest BCUT2D eigenvalue weighted by Gasteiger charge is -2.13. The van der Waals surface area contributed by atoms with Crippen LogP contribution in [0.15, 0.2) is 0 Å². The van der Waals surface area contributed by atoms with Crippen molar-refractivity contribution >= 4 is 22.2 Å². The first-order chi connectivity index (χ1) is 7.74. The van der Waals surface area contributed by atoms with Gasteiger partial charge in [0.15, 0.2) is 0 Å². The largest absolute Gasteiger partial charge is 0.390 e. The number of anilines is 1. The Labute approximate surface area is 99.2 Å². The number of rotatable bonds is 3.